The van der Waals surface area contributed by atoms with Crippen molar-refractivity contribution in [1.29, 1.82) is 0 Å². The van der Waals surface area contributed by atoms with Crippen LogP contribution in [0.25, 0.3) is 11.4 Å². The van der Waals surface area contributed by atoms with Crippen molar-refractivity contribution in [3.05, 3.63) is 89.5 Å². The van der Waals surface area contributed by atoms with Crippen LogP contribution in [0, 0.1) is 17.5 Å². The molecule has 2 aromatic carbocycles. The number of aliphatic hydroxyl groups is 1. The van der Waals surface area contributed by atoms with Crippen LogP contribution in [-0.2, 0) is 12.8 Å². The number of benzene rings is 2. The van der Waals surface area contributed by atoms with E-state index in [0.717, 1.165) is 0 Å². The Morgan fingerprint density at radius 2 is 1.81 bits per heavy atom. The minimum atomic E-state index is -1.09. The highest BCUT2D eigenvalue weighted by molar-refractivity contribution is 5.57. The molecule has 4 nitrogen and oxygen atoms in total. The largest absolute Gasteiger partial charge is 0.493 e. The Morgan fingerprint density at radius 3 is 2.45 bits per heavy atom. The number of aryl methyl sites for hydroxylation is 2. The second-order valence-electron chi connectivity index (χ2n) is 7.10. The van der Waals surface area contributed by atoms with E-state index in [1.807, 2.05) is 0 Å². The normalized spacial score (nSPS) is 11.9. The van der Waals surface area contributed by atoms with Crippen molar-refractivity contribution in [2.45, 2.75) is 32.3 Å². The Labute approximate surface area is 179 Å². The molecule has 0 fully saturated rings. The molecule has 3 aromatic rings. The van der Waals surface area contributed by atoms with Gasteiger partial charge in [0.15, 0.2) is 17.5 Å². The fourth-order valence-corrected chi connectivity index (χ4v) is 3.05. The molecule has 0 aliphatic heterocycles. The number of nitrogens with zero attached hydrogens (tertiary/aromatic N) is 2. The van der Waals surface area contributed by atoms with Crippen LogP contribution in [0.15, 0.2) is 55.4 Å². The molecular formula is C24H23F3N2O2. The number of aromatic nitrogens is 2. The number of hydrogen-bond donors (Lipinski definition) is 1. The van der Waals surface area contributed by atoms with Gasteiger partial charge in [-0.05, 0) is 49.4 Å². The van der Waals surface area contributed by atoms with E-state index >= 15 is 0 Å². The molecule has 0 aliphatic rings. The van der Waals surface area contributed by atoms with Gasteiger partial charge < -0.3 is 9.84 Å². The molecule has 1 N–H and O–H groups in total. The summed E-state index contributed by atoms with van der Waals surface area (Å²) in [6.07, 6.45) is 4.98. The third-order valence-corrected chi connectivity index (χ3v) is 4.80. The predicted octanol–water partition coefficient (Wildman–Crippen LogP) is 5.35. The maximum absolute atomic E-state index is 14.4. The summed E-state index contributed by atoms with van der Waals surface area (Å²) in [5.41, 5.74) is 1.06. The first-order valence-corrected chi connectivity index (χ1v) is 9.90. The second-order valence-corrected chi connectivity index (χ2v) is 7.10. The zero-order valence-corrected chi connectivity index (χ0v) is 17.1. The molecule has 1 aromatic heterocycles. The summed E-state index contributed by atoms with van der Waals surface area (Å²) < 4.78 is 48.1. The van der Waals surface area contributed by atoms with E-state index in [9.17, 15) is 18.3 Å². The van der Waals surface area contributed by atoms with Gasteiger partial charge in [0.25, 0.3) is 0 Å². The SMILES string of the molecule is C=CCCOc1ccc(-c2ncc(CCc3ccc(C(C)O)c(F)c3F)cn2)c(F)c1. The summed E-state index contributed by atoms with van der Waals surface area (Å²) >= 11 is 0. The Bertz CT molecular complexity index is 1050. The number of hydrogen-bond acceptors (Lipinski definition) is 4. The molecule has 0 saturated carbocycles. The third-order valence-electron chi connectivity index (χ3n) is 4.80. The standard InChI is InChI=1S/C24H23F3N2O2/c1-3-4-11-31-18-8-10-20(21(25)12-18)24-28-13-16(14-29-24)5-6-17-7-9-19(15(2)30)23(27)22(17)26/h3,7-10,12-15,30H,1,4-6,11H2,2H3. The van der Waals surface area contributed by atoms with Crippen LogP contribution in [-0.4, -0.2) is 21.7 Å². The molecule has 0 aliphatic carbocycles. The van der Waals surface area contributed by atoms with Crippen molar-refractivity contribution in [3.8, 4) is 17.1 Å². The molecular weight excluding hydrogens is 405 g/mol. The van der Waals surface area contributed by atoms with Crippen molar-refractivity contribution in [2.75, 3.05) is 6.61 Å². The minimum absolute atomic E-state index is 0.0758. The Morgan fingerprint density at radius 1 is 1.06 bits per heavy atom. The monoisotopic (exact) mass is 428 g/mol. The van der Waals surface area contributed by atoms with Crippen LogP contribution in [0.5, 0.6) is 5.75 Å². The van der Waals surface area contributed by atoms with Crippen LogP contribution in [0.4, 0.5) is 13.2 Å². The Hall–Kier alpha value is -3.19. The highest BCUT2D eigenvalue weighted by Gasteiger charge is 2.16. The second kappa shape index (κ2) is 10.2. The lowest BCUT2D eigenvalue weighted by Gasteiger charge is -2.10. The first kappa shape index (κ1) is 22.5. The molecule has 0 bridgehead atoms. The van der Waals surface area contributed by atoms with E-state index in [0.29, 0.717) is 30.8 Å². The van der Waals surface area contributed by atoms with Gasteiger partial charge in [-0.15, -0.1) is 6.58 Å². The third kappa shape index (κ3) is 5.49. The zero-order valence-electron chi connectivity index (χ0n) is 17.1. The van der Waals surface area contributed by atoms with Crippen LogP contribution in [0.3, 0.4) is 0 Å². The lowest BCUT2D eigenvalue weighted by molar-refractivity contribution is 0.192. The summed E-state index contributed by atoms with van der Waals surface area (Å²) in [5.74, 6) is -1.87. The van der Waals surface area contributed by atoms with E-state index in [-0.39, 0.29) is 28.9 Å². The molecule has 0 amide bonds. The van der Waals surface area contributed by atoms with Gasteiger partial charge in [0.2, 0.25) is 0 Å². The smallest absolute Gasteiger partial charge is 0.164 e. The number of rotatable bonds is 9. The number of ether oxygens (including phenoxy) is 1. The van der Waals surface area contributed by atoms with Gasteiger partial charge in [-0.25, -0.2) is 23.1 Å². The van der Waals surface area contributed by atoms with E-state index in [1.54, 1.807) is 18.2 Å². The van der Waals surface area contributed by atoms with Gasteiger partial charge in [0.05, 0.1) is 18.3 Å². The average molecular weight is 428 g/mol. The summed E-state index contributed by atoms with van der Waals surface area (Å²) in [6, 6.07) is 7.32. The summed E-state index contributed by atoms with van der Waals surface area (Å²) in [5, 5.41) is 9.47. The zero-order chi connectivity index (χ0) is 22.4. The van der Waals surface area contributed by atoms with Crippen molar-refractivity contribution < 1.29 is 23.0 Å². The van der Waals surface area contributed by atoms with Gasteiger partial charge in [-0.2, -0.15) is 0 Å². The molecule has 3 rings (SSSR count). The van der Waals surface area contributed by atoms with Gasteiger partial charge in [0, 0.05) is 24.0 Å². The van der Waals surface area contributed by atoms with Crippen LogP contribution >= 0.6 is 0 Å². The minimum Gasteiger partial charge on any atom is -0.493 e. The molecule has 7 heteroatoms. The maximum atomic E-state index is 14.4. The van der Waals surface area contributed by atoms with Crippen molar-refractivity contribution in [2.24, 2.45) is 0 Å². The maximum Gasteiger partial charge on any atom is 0.164 e. The highest BCUT2D eigenvalue weighted by atomic mass is 19.2. The topological polar surface area (TPSA) is 55.2 Å². The van der Waals surface area contributed by atoms with Crippen molar-refractivity contribution in [3.63, 3.8) is 0 Å². The van der Waals surface area contributed by atoms with Gasteiger partial charge in [0.1, 0.15) is 11.6 Å². The van der Waals surface area contributed by atoms with Crippen molar-refractivity contribution >= 4 is 0 Å². The van der Waals surface area contributed by atoms with E-state index in [1.165, 1.54) is 37.5 Å². The molecule has 1 unspecified atom stereocenters. The average Bonchev–Trinajstić information content (AvgIpc) is 2.75. The highest BCUT2D eigenvalue weighted by Crippen LogP contribution is 2.25. The number of halogens is 3. The van der Waals surface area contributed by atoms with Crippen molar-refractivity contribution in [1.82, 2.24) is 9.97 Å². The summed E-state index contributed by atoms with van der Waals surface area (Å²) in [6.45, 7) is 5.40. The van der Waals surface area contributed by atoms with Gasteiger partial charge in [-0.1, -0.05) is 18.2 Å². The summed E-state index contributed by atoms with van der Waals surface area (Å²) in [4.78, 5) is 8.40. The first-order chi connectivity index (χ1) is 14.9. The lowest BCUT2D eigenvalue weighted by atomic mass is 10.0. The fraction of sp³-hybridized carbons (Fsp3) is 0.250. The molecule has 0 radical (unpaired) electrons. The summed E-state index contributed by atoms with van der Waals surface area (Å²) in [7, 11) is 0. The lowest BCUT2D eigenvalue weighted by Crippen LogP contribution is -2.04. The predicted molar refractivity (Wildman–Crippen MR) is 112 cm³/mol. The van der Waals surface area contributed by atoms with Gasteiger partial charge >= 0.3 is 0 Å². The van der Waals surface area contributed by atoms with E-state index in [4.69, 9.17) is 4.74 Å². The first-order valence-electron chi connectivity index (χ1n) is 9.90. The van der Waals surface area contributed by atoms with E-state index in [2.05, 4.69) is 16.5 Å². The molecule has 1 heterocycles. The molecule has 0 spiro atoms. The Balaban J connectivity index is 1.67. The molecule has 1 atom stereocenters. The van der Waals surface area contributed by atoms with Crippen LogP contribution in [0.1, 0.15) is 36.1 Å². The Kier molecular flexibility index (Phi) is 7.41. The fourth-order valence-electron chi connectivity index (χ4n) is 3.05. The van der Waals surface area contributed by atoms with Gasteiger partial charge in [-0.3, -0.25) is 0 Å². The molecule has 0 saturated heterocycles. The van der Waals surface area contributed by atoms with Crippen LogP contribution < -0.4 is 4.74 Å². The quantitative estimate of drug-likeness (QED) is 0.369. The number of aliphatic hydroxyl groups excluding tert-OH is 1. The molecule has 162 valence electrons. The van der Waals surface area contributed by atoms with Crippen LogP contribution in [0.2, 0.25) is 0 Å². The van der Waals surface area contributed by atoms with E-state index < -0.39 is 23.6 Å². The molecule has 31 heavy (non-hydrogen) atoms.